The predicted molar refractivity (Wildman–Crippen MR) is 106 cm³/mol. The van der Waals surface area contributed by atoms with E-state index in [1.807, 2.05) is 49.4 Å². The van der Waals surface area contributed by atoms with Crippen molar-refractivity contribution in [2.75, 3.05) is 0 Å². The maximum absolute atomic E-state index is 12.6. The lowest BCUT2D eigenvalue weighted by atomic mass is 9.90. The molecule has 26 heavy (non-hydrogen) atoms. The van der Waals surface area contributed by atoms with Crippen LogP contribution in [0.4, 0.5) is 0 Å². The third kappa shape index (κ3) is 3.80. The van der Waals surface area contributed by atoms with Crippen molar-refractivity contribution in [3.05, 3.63) is 76.8 Å². The summed E-state index contributed by atoms with van der Waals surface area (Å²) in [4.78, 5) is 0.131. The van der Waals surface area contributed by atoms with Gasteiger partial charge in [-0.25, -0.2) is 8.42 Å². The van der Waals surface area contributed by atoms with E-state index in [1.165, 1.54) is 12.1 Å². The van der Waals surface area contributed by atoms with Gasteiger partial charge in [0.1, 0.15) is 6.04 Å². The lowest BCUT2D eigenvalue weighted by Gasteiger charge is -2.21. The summed E-state index contributed by atoms with van der Waals surface area (Å²) in [5.41, 5.74) is 0.938. The SMILES string of the molecule is CC(c1cccc2ccccc12)C(C#N)NS(=O)(=O)c1ccc(Br)cc1. The van der Waals surface area contributed by atoms with Crippen LogP contribution in [-0.2, 0) is 10.0 Å². The van der Waals surface area contributed by atoms with Gasteiger partial charge in [0.2, 0.25) is 10.0 Å². The zero-order chi connectivity index (χ0) is 18.7. The van der Waals surface area contributed by atoms with Gasteiger partial charge < -0.3 is 0 Å². The summed E-state index contributed by atoms with van der Waals surface area (Å²) in [5, 5.41) is 11.7. The van der Waals surface area contributed by atoms with E-state index in [2.05, 4.69) is 26.7 Å². The zero-order valence-corrected chi connectivity index (χ0v) is 16.5. The Morgan fingerprint density at radius 1 is 1.00 bits per heavy atom. The predicted octanol–water partition coefficient (Wildman–Crippen LogP) is 4.58. The van der Waals surface area contributed by atoms with Gasteiger partial charge in [0.05, 0.1) is 11.0 Å². The molecular formula is C20H17BrN2O2S. The molecule has 0 fully saturated rings. The van der Waals surface area contributed by atoms with Gasteiger partial charge >= 0.3 is 0 Å². The monoisotopic (exact) mass is 428 g/mol. The summed E-state index contributed by atoms with van der Waals surface area (Å²) in [6.07, 6.45) is 0. The summed E-state index contributed by atoms with van der Waals surface area (Å²) in [5.74, 6) is -0.309. The maximum Gasteiger partial charge on any atom is 0.241 e. The third-order valence-electron chi connectivity index (χ3n) is 4.36. The number of nitrogens with zero attached hydrogens (tertiary/aromatic N) is 1. The van der Waals surface area contributed by atoms with Crippen LogP contribution in [0.25, 0.3) is 10.8 Å². The Labute approximate surface area is 161 Å². The van der Waals surface area contributed by atoms with E-state index in [1.54, 1.807) is 12.1 Å². The second-order valence-corrected chi connectivity index (χ2v) is 8.67. The molecule has 4 nitrogen and oxygen atoms in total. The van der Waals surface area contributed by atoms with E-state index in [-0.39, 0.29) is 10.8 Å². The van der Waals surface area contributed by atoms with Gasteiger partial charge in [-0.15, -0.1) is 0 Å². The van der Waals surface area contributed by atoms with Crippen LogP contribution < -0.4 is 4.72 Å². The summed E-state index contributed by atoms with van der Waals surface area (Å²) in [6, 6.07) is 21.3. The van der Waals surface area contributed by atoms with Gasteiger partial charge in [-0.2, -0.15) is 9.98 Å². The van der Waals surface area contributed by atoms with Crippen LogP contribution in [0.1, 0.15) is 18.4 Å². The fourth-order valence-corrected chi connectivity index (χ4v) is 4.40. The van der Waals surface area contributed by atoms with Crippen LogP contribution >= 0.6 is 15.9 Å². The molecule has 1 N–H and O–H groups in total. The van der Waals surface area contributed by atoms with Crippen molar-refractivity contribution in [1.82, 2.24) is 4.72 Å². The van der Waals surface area contributed by atoms with Crippen LogP contribution in [0.3, 0.4) is 0 Å². The molecule has 0 saturated carbocycles. The van der Waals surface area contributed by atoms with Gasteiger partial charge in [0.15, 0.2) is 0 Å². The Bertz CT molecular complexity index is 1070. The van der Waals surface area contributed by atoms with Gasteiger partial charge in [-0.05, 0) is 40.6 Å². The first kappa shape index (κ1) is 18.6. The number of hydrogen-bond acceptors (Lipinski definition) is 3. The van der Waals surface area contributed by atoms with E-state index >= 15 is 0 Å². The second kappa shape index (κ2) is 7.58. The molecular weight excluding hydrogens is 412 g/mol. The van der Waals surface area contributed by atoms with Crippen molar-refractivity contribution in [3.63, 3.8) is 0 Å². The second-order valence-electron chi connectivity index (χ2n) is 6.04. The molecule has 132 valence electrons. The molecule has 6 heteroatoms. The highest BCUT2D eigenvalue weighted by Gasteiger charge is 2.26. The highest BCUT2D eigenvalue weighted by Crippen LogP contribution is 2.28. The number of hydrogen-bond donors (Lipinski definition) is 1. The average Bonchev–Trinajstić information content (AvgIpc) is 2.65. The summed E-state index contributed by atoms with van der Waals surface area (Å²) in [7, 11) is -3.79. The minimum Gasteiger partial charge on any atom is -0.207 e. The topological polar surface area (TPSA) is 70.0 Å². The van der Waals surface area contributed by atoms with Gasteiger partial charge in [-0.3, -0.25) is 0 Å². The first-order chi connectivity index (χ1) is 12.4. The zero-order valence-electron chi connectivity index (χ0n) is 14.1. The lowest BCUT2D eigenvalue weighted by molar-refractivity contribution is 0.554. The average molecular weight is 429 g/mol. The Kier molecular flexibility index (Phi) is 5.42. The van der Waals surface area contributed by atoms with E-state index in [0.717, 1.165) is 20.8 Å². The first-order valence-electron chi connectivity index (χ1n) is 8.07. The molecule has 0 aliphatic carbocycles. The van der Waals surface area contributed by atoms with Gasteiger partial charge in [-0.1, -0.05) is 65.3 Å². The van der Waals surface area contributed by atoms with Gasteiger partial charge in [0, 0.05) is 10.4 Å². The first-order valence-corrected chi connectivity index (χ1v) is 10.3. The quantitative estimate of drug-likeness (QED) is 0.646. The van der Waals surface area contributed by atoms with Crippen LogP contribution in [0.15, 0.2) is 76.1 Å². The standard InChI is InChI=1S/C20H17BrN2O2S/c1-14(18-8-4-6-15-5-2-3-7-19(15)18)20(13-22)23-26(24,25)17-11-9-16(21)10-12-17/h2-12,14,20,23H,1H3. The van der Waals surface area contributed by atoms with Crippen molar-refractivity contribution in [1.29, 1.82) is 5.26 Å². The molecule has 0 aromatic heterocycles. The van der Waals surface area contributed by atoms with E-state index in [0.29, 0.717) is 0 Å². The number of rotatable bonds is 5. The third-order valence-corrected chi connectivity index (χ3v) is 6.34. The summed E-state index contributed by atoms with van der Waals surface area (Å²) >= 11 is 3.29. The number of nitriles is 1. The lowest BCUT2D eigenvalue weighted by Crippen LogP contribution is -2.37. The Morgan fingerprint density at radius 2 is 1.65 bits per heavy atom. The Hall–Kier alpha value is -2.20. The molecule has 0 spiro atoms. The van der Waals surface area contributed by atoms with E-state index in [9.17, 15) is 13.7 Å². The molecule has 0 aliphatic heterocycles. The molecule has 0 amide bonds. The highest BCUT2D eigenvalue weighted by molar-refractivity contribution is 9.10. The molecule has 3 rings (SSSR count). The number of sulfonamides is 1. The molecule has 2 unspecified atom stereocenters. The fraction of sp³-hybridized carbons (Fsp3) is 0.150. The molecule has 0 bridgehead atoms. The number of benzene rings is 3. The van der Waals surface area contributed by atoms with E-state index < -0.39 is 16.1 Å². The summed E-state index contributed by atoms with van der Waals surface area (Å²) < 4.78 is 28.6. The van der Waals surface area contributed by atoms with Crippen LogP contribution in [-0.4, -0.2) is 14.5 Å². The van der Waals surface area contributed by atoms with Crippen LogP contribution in [0.2, 0.25) is 0 Å². The Balaban J connectivity index is 1.93. The normalized spacial score (nSPS) is 13.9. The number of fused-ring (bicyclic) bond motifs is 1. The van der Waals surface area contributed by atoms with Crippen molar-refractivity contribution in [2.45, 2.75) is 23.8 Å². The molecule has 0 heterocycles. The van der Waals surface area contributed by atoms with Crippen LogP contribution in [0, 0.1) is 11.3 Å². The molecule has 2 atom stereocenters. The Morgan fingerprint density at radius 3 is 2.35 bits per heavy atom. The smallest absolute Gasteiger partial charge is 0.207 e. The molecule has 0 aliphatic rings. The van der Waals surface area contributed by atoms with E-state index in [4.69, 9.17) is 0 Å². The highest BCUT2D eigenvalue weighted by atomic mass is 79.9. The van der Waals surface area contributed by atoms with Crippen molar-refractivity contribution in [2.24, 2.45) is 0 Å². The van der Waals surface area contributed by atoms with Crippen molar-refractivity contribution < 1.29 is 8.42 Å². The van der Waals surface area contributed by atoms with Crippen LogP contribution in [0.5, 0.6) is 0 Å². The van der Waals surface area contributed by atoms with Gasteiger partial charge in [0.25, 0.3) is 0 Å². The minimum atomic E-state index is -3.79. The fourth-order valence-electron chi connectivity index (χ4n) is 2.92. The van der Waals surface area contributed by atoms with Crippen molar-refractivity contribution in [3.8, 4) is 6.07 Å². The molecule has 3 aromatic rings. The number of halogens is 1. The molecule has 0 saturated heterocycles. The molecule has 0 radical (unpaired) electrons. The summed E-state index contributed by atoms with van der Waals surface area (Å²) in [6.45, 7) is 1.86. The maximum atomic E-state index is 12.6. The minimum absolute atomic E-state index is 0.131. The largest absolute Gasteiger partial charge is 0.241 e. The number of nitrogens with one attached hydrogen (secondary N) is 1. The molecule has 3 aromatic carbocycles. The van der Waals surface area contributed by atoms with Crippen molar-refractivity contribution >= 4 is 36.7 Å².